The van der Waals surface area contributed by atoms with E-state index in [0.29, 0.717) is 6.42 Å². The van der Waals surface area contributed by atoms with Gasteiger partial charge in [0.05, 0.1) is 11.4 Å². The number of rotatable bonds is 5. The lowest BCUT2D eigenvalue weighted by molar-refractivity contribution is -0.133. The van der Waals surface area contributed by atoms with Crippen LogP contribution >= 0.6 is 0 Å². The molecule has 1 saturated heterocycles. The fraction of sp³-hybridized carbons (Fsp3) is 0.611. The van der Waals surface area contributed by atoms with Crippen LogP contribution in [0.2, 0.25) is 0 Å². The summed E-state index contributed by atoms with van der Waals surface area (Å²) in [5.41, 5.74) is 4.34. The van der Waals surface area contributed by atoms with Crippen LogP contribution in [0.15, 0.2) is 10.6 Å². The second kappa shape index (κ2) is 7.39. The number of carbonyl (C=O) groups excluding carboxylic acids is 1. The molecule has 0 spiro atoms. The Morgan fingerprint density at radius 1 is 1.20 bits per heavy atom. The highest BCUT2D eigenvalue weighted by molar-refractivity contribution is 5.76. The first-order chi connectivity index (χ1) is 11.9. The van der Waals surface area contributed by atoms with Gasteiger partial charge in [-0.3, -0.25) is 14.4 Å². The highest BCUT2D eigenvalue weighted by Gasteiger charge is 2.22. The van der Waals surface area contributed by atoms with Gasteiger partial charge in [0.1, 0.15) is 5.76 Å². The number of aromatic nitrogens is 3. The second-order valence-electron chi connectivity index (χ2n) is 6.86. The molecule has 2 aromatic heterocycles. The van der Waals surface area contributed by atoms with Crippen molar-refractivity contribution in [2.75, 3.05) is 26.2 Å². The lowest BCUT2D eigenvalue weighted by Gasteiger charge is -2.34. The SMILES string of the molecule is Cc1cc(CN2CCN(C(=O)CCc3c(C)nn(C)c3C)CC2)no1. The van der Waals surface area contributed by atoms with Crippen LogP contribution in [-0.2, 0) is 24.8 Å². The van der Waals surface area contributed by atoms with Crippen molar-refractivity contribution < 1.29 is 9.32 Å². The normalized spacial score (nSPS) is 15.8. The third kappa shape index (κ3) is 4.10. The number of piperazine rings is 1. The highest BCUT2D eigenvalue weighted by atomic mass is 16.5. The molecular formula is C18H27N5O2. The fourth-order valence-corrected chi connectivity index (χ4v) is 3.45. The number of aryl methyl sites for hydroxylation is 3. The molecule has 0 aliphatic carbocycles. The topological polar surface area (TPSA) is 67.4 Å². The van der Waals surface area contributed by atoms with Gasteiger partial charge in [0, 0.05) is 58.0 Å². The summed E-state index contributed by atoms with van der Waals surface area (Å²) in [6, 6.07) is 1.97. The molecule has 1 fully saturated rings. The van der Waals surface area contributed by atoms with Crippen LogP contribution in [0.5, 0.6) is 0 Å². The fourth-order valence-electron chi connectivity index (χ4n) is 3.45. The Morgan fingerprint density at radius 2 is 1.92 bits per heavy atom. The number of carbonyl (C=O) groups is 1. The monoisotopic (exact) mass is 345 g/mol. The molecule has 1 aliphatic rings. The molecule has 25 heavy (non-hydrogen) atoms. The molecule has 0 unspecified atom stereocenters. The van der Waals surface area contributed by atoms with E-state index in [1.165, 1.54) is 5.56 Å². The maximum atomic E-state index is 12.5. The zero-order valence-corrected chi connectivity index (χ0v) is 15.6. The molecule has 0 radical (unpaired) electrons. The summed E-state index contributed by atoms with van der Waals surface area (Å²) in [5, 5.41) is 8.46. The number of hydrogen-bond donors (Lipinski definition) is 0. The van der Waals surface area contributed by atoms with Crippen LogP contribution in [0, 0.1) is 20.8 Å². The molecule has 1 aliphatic heterocycles. The van der Waals surface area contributed by atoms with E-state index in [-0.39, 0.29) is 5.91 Å². The number of hydrogen-bond acceptors (Lipinski definition) is 5. The second-order valence-corrected chi connectivity index (χ2v) is 6.86. The van der Waals surface area contributed by atoms with Gasteiger partial charge in [-0.15, -0.1) is 0 Å². The molecule has 0 atom stereocenters. The third-order valence-electron chi connectivity index (χ3n) is 5.04. The highest BCUT2D eigenvalue weighted by Crippen LogP contribution is 2.16. The molecular weight excluding hydrogens is 318 g/mol. The van der Waals surface area contributed by atoms with Crippen LogP contribution in [0.4, 0.5) is 0 Å². The smallest absolute Gasteiger partial charge is 0.222 e. The first-order valence-corrected chi connectivity index (χ1v) is 8.85. The Morgan fingerprint density at radius 3 is 2.48 bits per heavy atom. The molecule has 7 nitrogen and oxygen atoms in total. The summed E-state index contributed by atoms with van der Waals surface area (Å²) < 4.78 is 7.00. The van der Waals surface area contributed by atoms with Crippen molar-refractivity contribution in [2.24, 2.45) is 7.05 Å². The summed E-state index contributed by atoms with van der Waals surface area (Å²) in [7, 11) is 1.95. The predicted molar refractivity (Wildman–Crippen MR) is 94.1 cm³/mol. The van der Waals surface area contributed by atoms with Crippen molar-refractivity contribution in [3.05, 3.63) is 34.5 Å². The van der Waals surface area contributed by atoms with Crippen molar-refractivity contribution in [2.45, 2.75) is 40.2 Å². The maximum Gasteiger partial charge on any atom is 0.222 e. The average Bonchev–Trinajstić information content (AvgIpc) is 3.09. The van der Waals surface area contributed by atoms with Crippen molar-refractivity contribution in [3.8, 4) is 0 Å². The van der Waals surface area contributed by atoms with Gasteiger partial charge in [0.25, 0.3) is 0 Å². The van der Waals surface area contributed by atoms with E-state index in [2.05, 4.69) is 22.1 Å². The lowest BCUT2D eigenvalue weighted by atomic mass is 10.1. The van der Waals surface area contributed by atoms with Gasteiger partial charge in [-0.05, 0) is 32.8 Å². The van der Waals surface area contributed by atoms with E-state index < -0.39 is 0 Å². The van der Waals surface area contributed by atoms with E-state index in [0.717, 1.165) is 62.0 Å². The third-order valence-corrected chi connectivity index (χ3v) is 5.04. The zero-order chi connectivity index (χ0) is 18.0. The quantitative estimate of drug-likeness (QED) is 0.824. The summed E-state index contributed by atoms with van der Waals surface area (Å²) in [4.78, 5) is 16.8. The predicted octanol–water partition coefficient (Wildman–Crippen LogP) is 1.61. The van der Waals surface area contributed by atoms with Gasteiger partial charge in [0.2, 0.25) is 5.91 Å². The number of nitrogens with zero attached hydrogens (tertiary/aromatic N) is 5. The Labute approximate surface area is 148 Å². The maximum absolute atomic E-state index is 12.5. The van der Waals surface area contributed by atoms with Gasteiger partial charge in [-0.25, -0.2) is 0 Å². The van der Waals surface area contributed by atoms with Crippen LogP contribution in [0.25, 0.3) is 0 Å². The molecule has 2 aromatic rings. The van der Waals surface area contributed by atoms with E-state index in [9.17, 15) is 4.79 Å². The zero-order valence-electron chi connectivity index (χ0n) is 15.6. The number of amides is 1. The summed E-state index contributed by atoms with van der Waals surface area (Å²) in [6.07, 6.45) is 1.32. The molecule has 0 N–H and O–H groups in total. The summed E-state index contributed by atoms with van der Waals surface area (Å²) in [6.45, 7) is 10.1. The van der Waals surface area contributed by atoms with Crippen LogP contribution in [0.1, 0.15) is 34.8 Å². The Balaban J connectivity index is 1.46. The minimum Gasteiger partial charge on any atom is -0.361 e. The first kappa shape index (κ1) is 17.7. The molecule has 136 valence electrons. The van der Waals surface area contributed by atoms with Gasteiger partial charge in [0.15, 0.2) is 0 Å². The van der Waals surface area contributed by atoms with Crippen molar-refractivity contribution in [3.63, 3.8) is 0 Å². The van der Waals surface area contributed by atoms with Crippen LogP contribution < -0.4 is 0 Å². The summed E-state index contributed by atoms with van der Waals surface area (Å²) in [5.74, 6) is 1.07. The molecule has 0 aromatic carbocycles. The first-order valence-electron chi connectivity index (χ1n) is 8.85. The average molecular weight is 345 g/mol. The van der Waals surface area contributed by atoms with E-state index >= 15 is 0 Å². The van der Waals surface area contributed by atoms with E-state index in [4.69, 9.17) is 4.52 Å². The Hall–Kier alpha value is -2.15. The Kier molecular flexibility index (Phi) is 5.22. The minimum absolute atomic E-state index is 0.236. The van der Waals surface area contributed by atoms with Gasteiger partial charge in [-0.2, -0.15) is 5.10 Å². The Bertz CT molecular complexity index is 741. The van der Waals surface area contributed by atoms with Gasteiger partial charge < -0.3 is 9.42 Å². The van der Waals surface area contributed by atoms with Gasteiger partial charge >= 0.3 is 0 Å². The largest absolute Gasteiger partial charge is 0.361 e. The molecule has 7 heteroatoms. The molecule has 3 rings (SSSR count). The minimum atomic E-state index is 0.236. The molecule has 3 heterocycles. The van der Waals surface area contributed by atoms with Crippen molar-refractivity contribution in [1.29, 1.82) is 0 Å². The van der Waals surface area contributed by atoms with Crippen molar-refractivity contribution >= 4 is 5.91 Å². The van der Waals surface area contributed by atoms with E-state index in [1.807, 2.05) is 36.5 Å². The van der Waals surface area contributed by atoms with Crippen molar-refractivity contribution in [1.82, 2.24) is 24.7 Å². The van der Waals surface area contributed by atoms with E-state index in [1.54, 1.807) is 0 Å². The van der Waals surface area contributed by atoms with Crippen LogP contribution in [-0.4, -0.2) is 56.8 Å². The summed E-state index contributed by atoms with van der Waals surface area (Å²) >= 11 is 0. The molecule has 0 bridgehead atoms. The lowest BCUT2D eigenvalue weighted by Crippen LogP contribution is -2.48. The molecule has 1 amide bonds. The van der Waals surface area contributed by atoms with Gasteiger partial charge in [-0.1, -0.05) is 5.16 Å². The standard InChI is InChI=1S/C18H27N5O2/c1-13-11-16(20-25-13)12-22-7-9-23(10-8-22)18(24)6-5-17-14(2)19-21(4)15(17)3/h11H,5-10,12H2,1-4H3. The molecule has 0 saturated carbocycles. The van der Waals surface area contributed by atoms with Crippen LogP contribution in [0.3, 0.4) is 0 Å².